The number of ether oxygens (including phenoxy) is 1. The van der Waals surface area contributed by atoms with Crippen molar-refractivity contribution in [2.24, 2.45) is 5.92 Å². The second-order valence-corrected chi connectivity index (χ2v) is 4.87. The summed E-state index contributed by atoms with van der Waals surface area (Å²) in [4.78, 5) is 0. The minimum atomic E-state index is -0.242. The van der Waals surface area contributed by atoms with Gasteiger partial charge in [-0.1, -0.05) is 39.5 Å². The molecule has 0 radical (unpaired) electrons. The van der Waals surface area contributed by atoms with E-state index < -0.39 is 0 Å². The van der Waals surface area contributed by atoms with Gasteiger partial charge in [-0.05, 0) is 25.2 Å². The summed E-state index contributed by atoms with van der Waals surface area (Å²) < 4.78 is 5.51. The molecule has 0 bridgehead atoms. The number of aliphatic hydroxyl groups excluding tert-OH is 1. The maximum Gasteiger partial charge on any atom is 0.0837 e. The van der Waals surface area contributed by atoms with E-state index in [-0.39, 0.29) is 12.2 Å². The highest BCUT2D eigenvalue weighted by Crippen LogP contribution is 2.23. The molecule has 1 rings (SSSR count). The Labute approximate surface area is 94.0 Å². The van der Waals surface area contributed by atoms with E-state index in [1.165, 1.54) is 25.7 Å². The van der Waals surface area contributed by atoms with Gasteiger partial charge in [-0.3, -0.25) is 0 Å². The first kappa shape index (κ1) is 13.0. The number of aliphatic hydroxyl groups is 1. The monoisotopic (exact) mass is 214 g/mol. The van der Waals surface area contributed by atoms with Crippen molar-refractivity contribution in [3.63, 3.8) is 0 Å². The second-order valence-electron chi connectivity index (χ2n) is 4.87. The largest absolute Gasteiger partial charge is 0.390 e. The lowest BCUT2D eigenvalue weighted by atomic mass is 9.92. The Bertz CT molecular complexity index is 153. The van der Waals surface area contributed by atoms with Crippen LogP contribution in [0.4, 0.5) is 0 Å². The van der Waals surface area contributed by atoms with E-state index in [1.54, 1.807) is 0 Å². The van der Waals surface area contributed by atoms with Crippen LogP contribution in [0, 0.1) is 5.92 Å². The fourth-order valence-corrected chi connectivity index (χ4v) is 2.30. The summed E-state index contributed by atoms with van der Waals surface area (Å²) in [5.74, 6) is 0.393. The smallest absolute Gasteiger partial charge is 0.0837 e. The topological polar surface area (TPSA) is 29.5 Å². The van der Waals surface area contributed by atoms with Crippen LogP contribution in [-0.2, 0) is 4.74 Å². The molecule has 0 spiro atoms. The Hall–Kier alpha value is -0.0800. The zero-order valence-electron chi connectivity index (χ0n) is 10.2. The van der Waals surface area contributed by atoms with Gasteiger partial charge in [0.1, 0.15) is 0 Å². The summed E-state index contributed by atoms with van der Waals surface area (Å²) in [5, 5.41) is 10.0. The Morgan fingerprint density at radius 1 is 1.33 bits per heavy atom. The van der Waals surface area contributed by atoms with E-state index in [0.29, 0.717) is 5.92 Å². The molecule has 2 nitrogen and oxygen atoms in total. The molecule has 1 fully saturated rings. The van der Waals surface area contributed by atoms with Crippen molar-refractivity contribution in [2.75, 3.05) is 6.61 Å². The Morgan fingerprint density at radius 2 is 2.13 bits per heavy atom. The molecule has 1 saturated heterocycles. The van der Waals surface area contributed by atoms with Gasteiger partial charge in [-0.15, -0.1) is 0 Å². The van der Waals surface area contributed by atoms with Crippen LogP contribution < -0.4 is 0 Å². The highest BCUT2D eigenvalue weighted by atomic mass is 16.5. The minimum Gasteiger partial charge on any atom is -0.390 e. The van der Waals surface area contributed by atoms with Gasteiger partial charge in [0.2, 0.25) is 0 Å². The molecule has 0 saturated carbocycles. The number of hydrogen-bond acceptors (Lipinski definition) is 2. The van der Waals surface area contributed by atoms with Gasteiger partial charge in [0.15, 0.2) is 0 Å². The summed E-state index contributed by atoms with van der Waals surface area (Å²) >= 11 is 0. The molecule has 90 valence electrons. The van der Waals surface area contributed by atoms with Crippen LogP contribution in [0.2, 0.25) is 0 Å². The van der Waals surface area contributed by atoms with Crippen molar-refractivity contribution < 1.29 is 9.84 Å². The zero-order valence-corrected chi connectivity index (χ0v) is 10.2. The Kier molecular flexibility index (Phi) is 6.26. The lowest BCUT2D eigenvalue weighted by Crippen LogP contribution is -2.31. The summed E-state index contributed by atoms with van der Waals surface area (Å²) in [6.45, 7) is 5.22. The molecule has 0 aromatic rings. The predicted molar refractivity (Wildman–Crippen MR) is 62.9 cm³/mol. The molecule has 15 heavy (non-hydrogen) atoms. The zero-order chi connectivity index (χ0) is 11.1. The third-order valence-electron chi connectivity index (χ3n) is 3.44. The van der Waals surface area contributed by atoms with Crippen molar-refractivity contribution in [3.8, 4) is 0 Å². The van der Waals surface area contributed by atoms with Gasteiger partial charge in [-0.25, -0.2) is 0 Å². The lowest BCUT2D eigenvalue weighted by molar-refractivity contribution is -0.0302. The van der Waals surface area contributed by atoms with Crippen LogP contribution in [0.25, 0.3) is 0 Å². The summed E-state index contributed by atoms with van der Waals surface area (Å²) in [7, 11) is 0. The normalized spacial score (nSPS) is 25.4. The highest BCUT2D eigenvalue weighted by Gasteiger charge is 2.27. The van der Waals surface area contributed by atoms with Crippen LogP contribution in [0.1, 0.15) is 58.8 Å². The molecule has 2 heteroatoms. The molecular formula is C13H26O2. The third kappa shape index (κ3) is 4.52. The predicted octanol–water partition coefficient (Wildman–Crippen LogP) is 3.13. The molecule has 1 N–H and O–H groups in total. The quantitative estimate of drug-likeness (QED) is 0.660. The third-order valence-corrected chi connectivity index (χ3v) is 3.44. The Morgan fingerprint density at radius 3 is 2.73 bits per heavy atom. The number of rotatable bonds is 7. The van der Waals surface area contributed by atoms with Crippen LogP contribution in [0.5, 0.6) is 0 Å². The lowest BCUT2D eigenvalue weighted by Gasteiger charge is -2.23. The van der Waals surface area contributed by atoms with Gasteiger partial charge in [0.25, 0.3) is 0 Å². The molecule has 0 amide bonds. The van der Waals surface area contributed by atoms with E-state index in [9.17, 15) is 5.11 Å². The van der Waals surface area contributed by atoms with Crippen molar-refractivity contribution in [3.05, 3.63) is 0 Å². The number of unbranched alkanes of at least 4 members (excludes halogenated alkanes) is 3. The summed E-state index contributed by atoms with van der Waals surface area (Å²) in [6, 6.07) is 0. The second kappa shape index (κ2) is 7.24. The van der Waals surface area contributed by atoms with Crippen molar-refractivity contribution in [1.29, 1.82) is 0 Å². The average molecular weight is 214 g/mol. The maximum absolute atomic E-state index is 10.0. The van der Waals surface area contributed by atoms with Gasteiger partial charge >= 0.3 is 0 Å². The first-order valence-electron chi connectivity index (χ1n) is 6.55. The first-order chi connectivity index (χ1) is 7.25. The minimum absolute atomic E-state index is 0.117. The first-order valence-corrected chi connectivity index (χ1v) is 6.55. The van der Waals surface area contributed by atoms with Gasteiger partial charge in [0.05, 0.1) is 12.2 Å². The number of hydrogen-bond donors (Lipinski definition) is 1. The molecule has 0 aromatic carbocycles. The van der Waals surface area contributed by atoms with Crippen molar-refractivity contribution in [1.82, 2.24) is 0 Å². The molecular weight excluding hydrogens is 188 g/mol. The molecule has 3 atom stereocenters. The van der Waals surface area contributed by atoms with E-state index in [0.717, 1.165) is 25.9 Å². The molecule has 1 aliphatic heterocycles. The van der Waals surface area contributed by atoms with Gasteiger partial charge in [-0.2, -0.15) is 0 Å². The molecule has 1 aliphatic rings. The summed E-state index contributed by atoms with van der Waals surface area (Å²) in [5.41, 5.74) is 0. The fraction of sp³-hybridized carbons (Fsp3) is 1.00. The van der Waals surface area contributed by atoms with E-state index in [2.05, 4.69) is 13.8 Å². The van der Waals surface area contributed by atoms with Crippen LogP contribution >= 0.6 is 0 Å². The van der Waals surface area contributed by atoms with Crippen LogP contribution in [0.3, 0.4) is 0 Å². The van der Waals surface area contributed by atoms with E-state index in [1.807, 2.05) is 0 Å². The maximum atomic E-state index is 10.0. The SMILES string of the molecule is CCCCCCC(C)C(O)C1CCCO1. The van der Waals surface area contributed by atoms with Gasteiger partial charge in [0, 0.05) is 6.61 Å². The summed E-state index contributed by atoms with van der Waals surface area (Å²) in [6.07, 6.45) is 8.33. The molecule has 0 aliphatic carbocycles. The average Bonchev–Trinajstić information content (AvgIpc) is 2.76. The highest BCUT2D eigenvalue weighted by molar-refractivity contribution is 4.77. The fourth-order valence-electron chi connectivity index (χ4n) is 2.30. The molecule has 3 unspecified atom stereocenters. The van der Waals surface area contributed by atoms with Gasteiger partial charge < -0.3 is 9.84 Å². The molecule has 0 aromatic heterocycles. The van der Waals surface area contributed by atoms with Crippen LogP contribution in [0.15, 0.2) is 0 Å². The Balaban J connectivity index is 2.11. The van der Waals surface area contributed by atoms with E-state index in [4.69, 9.17) is 4.74 Å². The van der Waals surface area contributed by atoms with Crippen molar-refractivity contribution in [2.45, 2.75) is 71.0 Å². The molecule has 1 heterocycles. The standard InChI is InChI=1S/C13H26O2/c1-3-4-5-6-8-11(2)13(14)12-9-7-10-15-12/h11-14H,3-10H2,1-2H3. The van der Waals surface area contributed by atoms with Crippen molar-refractivity contribution >= 4 is 0 Å². The van der Waals surface area contributed by atoms with E-state index >= 15 is 0 Å². The van der Waals surface area contributed by atoms with Crippen LogP contribution in [-0.4, -0.2) is 23.9 Å².